The molecule has 288 valence electrons. The molecule has 17 nitrogen and oxygen atoms in total. The van der Waals surface area contributed by atoms with Crippen LogP contribution in [0.3, 0.4) is 0 Å². The van der Waals surface area contributed by atoms with E-state index in [4.69, 9.17) is 19.9 Å². The van der Waals surface area contributed by atoms with Gasteiger partial charge >= 0.3 is 12.0 Å². The number of methoxy groups -OCH3 is 2. The van der Waals surface area contributed by atoms with Crippen LogP contribution in [0.15, 0.2) is 24.4 Å². The van der Waals surface area contributed by atoms with Gasteiger partial charge in [-0.25, -0.2) is 4.79 Å². The molecule has 0 bridgehead atoms. The fraction of sp³-hybridized carbons (Fsp3) is 0.282. The molecule has 0 radical (unpaired) electrons. The van der Waals surface area contributed by atoms with Crippen LogP contribution in [0.4, 0.5) is 21.9 Å². The first-order chi connectivity index (χ1) is 26.8. The largest absolute Gasteiger partial charge is 0.506 e. The van der Waals surface area contributed by atoms with Crippen molar-refractivity contribution in [2.24, 2.45) is 5.73 Å². The predicted octanol–water partition coefficient (Wildman–Crippen LogP) is 4.52. The van der Waals surface area contributed by atoms with Crippen LogP contribution in [-0.2, 0) is 22.4 Å². The number of aromatic amines is 3. The van der Waals surface area contributed by atoms with Crippen LogP contribution in [0.2, 0.25) is 0 Å². The average Bonchev–Trinajstić information content (AvgIpc) is 4.01. The molecule has 4 amide bonds. The summed E-state index contributed by atoms with van der Waals surface area (Å²) in [5.74, 6) is -2.28. The van der Waals surface area contributed by atoms with E-state index in [2.05, 4.69) is 15.0 Å². The lowest BCUT2D eigenvalue weighted by Crippen LogP contribution is -2.34. The fourth-order valence-electron chi connectivity index (χ4n) is 8.91. The Hall–Kier alpha value is -7.04. The number of nitrogens with two attached hydrogens (primary N) is 1. The van der Waals surface area contributed by atoms with Crippen LogP contribution < -0.4 is 29.9 Å². The second-order valence-electron chi connectivity index (χ2n) is 14.3. The van der Waals surface area contributed by atoms with Gasteiger partial charge in [0.1, 0.15) is 17.1 Å². The number of aromatic nitrogens is 3. The van der Waals surface area contributed by atoms with Gasteiger partial charge in [0.25, 0.3) is 11.8 Å². The standard InChI is InChI=1S/C39H37N7O10/c1-15-12-41-30-25(48)11-24-27(26(15)30)17(14-56-16(2)47)13-46(24)38(52)23-10-20-18-5-7-44(31(18)33(49)35(54-3)28(20)43-23)37(51)22-9-21-19-6-8-45(39(40)53)32(19)34(50)36(55-4)29(21)42-22/h9-12,17,41-43,48-50H,5-8,13-14H2,1-4H3,(H2,40,53). The molecular formula is C39H37N7O10. The van der Waals surface area contributed by atoms with Gasteiger partial charge < -0.3 is 60.0 Å². The average molecular weight is 764 g/mol. The van der Waals surface area contributed by atoms with Gasteiger partial charge in [0, 0.05) is 60.9 Å². The fourth-order valence-corrected chi connectivity index (χ4v) is 8.91. The third-order valence-electron chi connectivity index (χ3n) is 11.3. The summed E-state index contributed by atoms with van der Waals surface area (Å²) in [6, 6.07) is 4.09. The molecule has 3 aliphatic heterocycles. The number of primary amides is 1. The summed E-state index contributed by atoms with van der Waals surface area (Å²) in [4.78, 5) is 66.3. The van der Waals surface area contributed by atoms with Gasteiger partial charge in [-0.05, 0) is 54.2 Å². The van der Waals surface area contributed by atoms with Crippen molar-refractivity contribution in [2.75, 3.05) is 55.2 Å². The van der Waals surface area contributed by atoms with Gasteiger partial charge in [-0.15, -0.1) is 0 Å². The van der Waals surface area contributed by atoms with E-state index in [1.165, 1.54) is 41.9 Å². The first kappa shape index (κ1) is 34.7. The monoisotopic (exact) mass is 763 g/mol. The number of rotatable bonds is 6. The highest BCUT2D eigenvalue weighted by Gasteiger charge is 2.40. The predicted molar refractivity (Wildman–Crippen MR) is 205 cm³/mol. The van der Waals surface area contributed by atoms with Crippen LogP contribution in [0.1, 0.15) is 56.1 Å². The van der Waals surface area contributed by atoms with Crippen LogP contribution in [0.25, 0.3) is 32.7 Å². The third kappa shape index (κ3) is 4.72. The summed E-state index contributed by atoms with van der Waals surface area (Å²) in [5, 5.41) is 35.6. The Morgan fingerprint density at radius 3 is 1.93 bits per heavy atom. The van der Waals surface area contributed by atoms with E-state index in [0.29, 0.717) is 57.0 Å². The minimum atomic E-state index is -0.729. The maximum atomic E-state index is 14.4. The summed E-state index contributed by atoms with van der Waals surface area (Å²) in [5.41, 5.74) is 10.9. The molecule has 6 aromatic rings. The molecular weight excluding hydrogens is 726 g/mol. The first-order valence-electron chi connectivity index (χ1n) is 17.9. The number of esters is 1. The van der Waals surface area contributed by atoms with Crippen LogP contribution in [0, 0.1) is 6.92 Å². The summed E-state index contributed by atoms with van der Waals surface area (Å²) in [6.07, 6.45) is 2.50. The van der Waals surface area contributed by atoms with Crippen molar-refractivity contribution < 1.29 is 48.7 Å². The Balaban J connectivity index is 1.11. The zero-order valence-corrected chi connectivity index (χ0v) is 30.7. The van der Waals surface area contributed by atoms with E-state index < -0.39 is 23.8 Å². The zero-order chi connectivity index (χ0) is 39.5. The number of carbonyl (C=O) groups is 4. The van der Waals surface area contributed by atoms with Gasteiger partial charge in [0.15, 0.2) is 23.0 Å². The lowest BCUT2D eigenvalue weighted by Gasteiger charge is -2.19. The molecule has 3 aliphatic rings. The van der Waals surface area contributed by atoms with Crippen molar-refractivity contribution in [1.82, 2.24) is 15.0 Å². The number of aryl methyl sites for hydroxylation is 1. The molecule has 1 unspecified atom stereocenters. The number of benzene rings is 3. The number of phenols is 3. The van der Waals surface area contributed by atoms with Gasteiger partial charge in [-0.2, -0.15) is 0 Å². The highest BCUT2D eigenvalue weighted by atomic mass is 16.5. The number of nitrogens with one attached hydrogen (secondary N) is 3. The summed E-state index contributed by atoms with van der Waals surface area (Å²) in [6.45, 7) is 3.84. The number of hydrogen-bond donors (Lipinski definition) is 7. The van der Waals surface area contributed by atoms with Crippen molar-refractivity contribution in [1.29, 1.82) is 0 Å². The molecule has 6 heterocycles. The summed E-state index contributed by atoms with van der Waals surface area (Å²) < 4.78 is 16.6. The molecule has 0 fully saturated rings. The molecule has 0 saturated heterocycles. The molecule has 9 rings (SSSR count). The number of fused-ring (bicyclic) bond motifs is 9. The van der Waals surface area contributed by atoms with E-state index in [9.17, 15) is 34.5 Å². The third-order valence-corrected chi connectivity index (χ3v) is 11.3. The highest BCUT2D eigenvalue weighted by Crippen LogP contribution is 2.52. The number of phenolic OH excluding ortho intramolecular Hbond substituents is 3. The van der Waals surface area contributed by atoms with Crippen LogP contribution in [0.5, 0.6) is 28.7 Å². The van der Waals surface area contributed by atoms with Crippen molar-refractivity contribution in [2.45, 2.75) is 32.6 Å². The van der Waals surface area contributed by atoms with Gasteiger partial charge in [-0.3, -0.25) is 19.3 Å². The number of urea groups is 1. The molecule has 0 aliphatic carbocycles. The summed E-state index contributed by atoms with van der Waals surface area (Å²) >= 11 is 0. The number of anilines is 3. The van der Waals surface area contributed by atoms with Crippen molar-refractivity contribution in [3.8, 4) is 28.7 Å². The normalized spacial score (nSPS) is 15.9. The van der Waals surface area contributed by atoms with E-state index in [1.807, 2.05) is 6.92 Å². The van der Waals surface area contributed by atoms with E-state index in [-0.39, 0.29) is 83.7 Å². The molecule has 3 aromatic heterocycles. The molecule has 56 heavy (non-hydrogen) atoms. The van der Waals surface area contributed by atoms with Gasteiger partial charge in [-0.1, -0.05) is 0 Å². The first-order valence-corrected chi connectivity index (χ1v) is 17.9. The number of ether oxygens (including phenoxy) is 3. The Labute approximate surface area is 317 Å². The SMILES string of the molecule is COc1c(O)c2c(c3cc(C(=O)N4CCc5c4c(O)c(OC)c4[nH]c(C(=O)N6CC(COC(C)=O)c7c6cc(O)c6[nH]cc(C)c76)cc54)[nH]c13)CCN2C(N)=O. The van der Waals surface area contributed by atoms with Crippen molar-refractivity contribution in [3.05, 3.63) is 58.0 Å². The minimum absolute atomic E-state index is 0.0288. The van der Waals surface area contributed by atoms with E-state index >= 15 is 0 Å². The lowest BCUT2D eigenvalue weighted by atomic mass is 9.96. The van der Waals surface area contributed by atoms with Gasteiger partial charge in [0.05, 0.1) is 54.4 Å². The quantitative estimate of drug-likeness (QED) is 0.117. The second kappa shape index (κ2) is 12.2. The second-order valence-corrected chi connectivity index (χ2v) is 14.3. The van der Waals surface area contributed by atoms with Crippen molar-refractivity contribution >= 4 is 73.6 Å². The molecule has 8 N–H and O–H groups in total. The maximum Gasteiger partial charge on any atom is 0.319 e. The number of hydrogen-bond acceptors (Lipinski definition) is 10. The van der Waals surface area contributed by atoms with E-state index in [1.54, 1.807) is 18.3 Å². The minimum Gasteiger partial charge on any atom is -0.506 e. The van der Waals surface area contributed by atoms with Gasteiger partial charge in [0.2, 0.25) is 0 Å². The Bertz CT molecular complexity index is 2740. The molecule has 0 spiro atoms. The Morgan fingerprint density at radius 2 is 1.38 bits per heavy atom. The molecule has 17 heteroatoms. The number of nitrogens with zero attached hydrogens (tertiary/aromatic N) is 3. The number of aromatic hydroxyl groups is 3. The summed E-state index contributed by atoms with van der Waals surface area (Å²) in [7, 11) is 2.74. The van der Waals surface area contributed by atoms with Crippen LogP contribution in [-0.4, -0.2) is 94.5 Å². The lowest BCUT2D eigenvalue weighted by molar-refractivity contribution is -0.141. The van der Waals surface area contributed by atoms with Crippen LogP contribution >= 0.6 is 0 Å². The Morgan fingerprint density at radius 1 is 0.821 bits per heavy atom. The highest BCUT2D eigenvalue weighted by molar-refractivity contribution is 6.16. The number of H-pyrrole nitrogens is 3. The van der Waals surface area contributed by atoms with Crippen molar-refractivity contribution in [3.63, 3.8) is 0 Å². The topological polar surface area (TPSA) is 240 Å². The smallest absolute Gasteiger partial charge is 0.319 e. The number of carbonyl (C=O) groups excluding carboxylic acids is 4. The zero-order valence-electron chi connectivity index (χ0n) is 30.7. The number of amides is 4. The molecule has 0 saturated carbocycles. The molecule has 3 aromatic carbocycles. The molecule has 1 atom stereocenters. The maximum absolute atomic E-state index is 14.4. The Kier molecular flexibility index (Phi) is 7.59. The van der Waals surface area contributed by atoms with E-state index in [0.717, 1.165) is 16.5 Å².